The molecule has 1 fully saturated rings. The van der Waals surface area contributed by atoms with Gasteiger partial charge in [0.25, 0.3) is 0 Å². The van der Waals surface area contributed by atoms with Gasteiger partial charge in [0, 0.05) is 12.1 Å². The van der Waals surface area contributed by atoms with Crippen LogP contribution >= 0.6 is 0 Å². The third-order valence-corrected chi connectivity index (χ3v) is 3.71. The summed E-state index contributed by atoms with van der Waals surface area (Å²) in [5.41, 5.74) is 1.74. The van der Waals surface area contributed by atoms with E-state index >= 15 is 0 Å². The van der Waals surface area contributed by atoms with Crippen molar-refractivity contribution >= 4 is 5.78 Å². The van der Waals surface area contributed by atoms with Gasteiger partial charge in [0.15, 0.2) is 5.78 Å². The third-order valence-electron chi connectivity index (χ3n) is 3.71. The second-order valence-corrected chi connectivity index (χ2v) is 5.17. The first-order valence-electron chi connectivity index (χ1n) is 7.93. The molecule has 0 atom stereocenters. The van der Waals surface area contributed by atoms with E-state index in [0.29, 0.717) is 12.3 Å². The Morgan fingerprint density at radius 2 is 1.77 bits per heavy atom. The van der Waals surface area contributed by atoms with Crippen LogP contribution in [0.2, 0.25) is 0 Å². The number of ketones is 1. The highest BCUT2D eigenvalue weighted by molar-refractivity contribution is 5.96. The van der Waals surface area contributed by atoms with Gasteiger partial charge in [0.2, 0.25) is 0 Å². The predicted molar refractivity (Wildman–Crippen MR) is 87.7 cm³/mol. The standard InChI is InChI=1S/C17H17NO2.C2H6/c19-17(16-8-4-5-9-18-16)14-10-15(11-14)20-12-13-6-2-1-3-7-13;1-2/h1-9,14-15H,10-12H2;1-2H3. The van der Waals surface area contributed by atoms with Crippen molar-refractivity contribution in [1.29, 1.82) is 0 Å². The van der Waals surface area contributed by atoms with E-state index in [2.05, 4.69) is 17.1 Å². The number of hydrogen-bond donors (Lipinski definition) is 0. The molecule has 3 heteroatoms. The molecule has 0 unspecified atom stereocenters. The summed E-state index contributed by atoms with van der Waals surface area (Å²) in [6.07, 6.45) is 3.48. The summed E-state index contributed by atoms with van der Waals surface area (Å²) in [5, 5.41) is 0. The minimum Gasteiger partial charge on any atom is -0.373 e. The first kappa shape index (κ1) is 16.4. The minimum absolute atomic E-state index is 0.0747. The lowest BCUT2D eigenvalue weighted by molar-refractivity contribution is -0.0331. The number of ether oxygens (including phenoxy) is 1. The Kier molecular flexibility index (Phi) is 6.28. The summed E-state index contributed by atoms with van der Waals surface area (Å²) in [6.45, 7) is 4.62. The van der Waals surface area contributed by atoms with Gasteiger partial charge in [0.05, 0.1) is 12.7 Å². The highest BCUT2D eigenvalue weighted by Gasteiger charge is 2.35. The molecule has 1 aliphatic rings. The van der Waals surface area contributed by atoms with Gasteiger partial charge >= 0.3 is 0 Å². The van der Waals surface area contributed by atoms with E-state index in [1.54, 1.807) is 12.3 Å². The van der Waals surface area contributed by atoms with Crippen molar-refractivity contribution in [2.24, 2.45) is 5.92 Å². The summed E-state index contributed by atoms with van der Waals surface area (Å²) < 4.78 is 5.81. The number of benzene rings is 1. The van der Waals surface area contributed by atoms with Crippen molar-refractivity contribution in [2.45, 2.75) is 39.4 Å². The summed E-state index contributed by atoms with van der Waals surface area (Å²) >= 11 is 0. The maximum atomic E-state index is 12.1. The number of Topliss-reactive ketones (excluding diaryl/α,β-unsaturated/α-hetero) is 1. The molecular formula is C19H23NO2. The monoisotopic (exact) mass is 297 g/mol. The zero-order chi connectivity index (χ0) is 15.8. The fourth-order valence-corrected chi connectivity index (χ4v) is 2.42. The number of rotatable bonds is 5. The van der Waals surface area contributed by atoms with E-state index in [9.17, 15) is 4.79 Å². The summed E-state index contributed by atoms with van der Waals surface area (Å²) in [5.74, 6) is 0.218. The van der Waals surface area contributed by atoms with Crippen LogP contribution in [0.1, 0.15) is 42.7 Å². The zero-order valence-electron chi connectivity index (χ0n) is 13.2. The molecule has 1 saturated carbocycles. The van der Waals surface area contributed by atoms with Crippen molar-refractivity contribution in [1.82, 2.24) is 4.98 Å². The number of aromatic nitrogens is 1. The third kappa shape index (κ3) is 4.25. The number of carbonyl (C=O) groups is 1. The van der Waals surface area contributed by atoms with Gasteiger partial charge < -0.3 is 4.74 Å². The maximum absolute atomic E-state index is 12.1. The number of nitrogens with zero attached hydrogens (tertiary/aromatic N) is 1. The molecule has 3 rings (SSSR count). The molecule has 0 radical (unpaired) electrons. The average Bonchev–Trinajstić information content (AvgIpc) is 2.57. The lowest BCUT2D eigenvalue weighted by atomic mass is 9.78. The SMILES string of the molecule is CC.O=C(c1ccccn1)C1CC(OCc2ccccc2)C1. The normalized spacial score (nSPS) is 19.5. The fraction of sp³-hybridized carbons (Fsp3) is 0.368. The van der Waals surface area contributed by atoms with E-state index in [0.717, 1.165) is 12.8 Å². The van der Waals surface area contributed by atoms with Crippen LogP contribution in [0.25, 0.3) is 0 Å². The van der Waals surface area contributed by atoms with Crippen LogP contribution in [-0.2, 0) is 11.3 Å². The average molecular weight is 297 g/mol. The minimum atomic E-state index is 0.0747. The molecule has 0 saturated heterocycles. The van der Waals surface area contributed by atoms with Gasteiger partial charge in [-0.05, 0) is 30.5 Å². The van der Waals surface area contributed by atoms with Crippen molar-refractivity contribution < 1.29 is 9.53 Å². The molecule has 0 N–H and O–H groups in total. The van der Waals surface area contributed by atoms with Crippen LogP contribution in [0.15, 0.2) is 54.7 Å². The Hall–Kier alpha value is -2.00. The fourth-order valence-electron chi connectivity index (χ4n) is 2.42. The van der Waals surface area contributed by atoms with E-state index in [4.69, 9.17) is 4.74 Å². The molecule has 0 spiro atoms. The molecular weight excluding hydrogens is 274 g/mol. The Bertz CT molecular complexity index is 563. The Balaban J connectivity index is 0.000000847. The molecule has 0 bridgehead atoms. The van der Waals surface area contributed by atoms with E-state index in [1.165, 1.54) is 5.56 Å². The van der Waals surface area contributed by atoms with Crippen LogP contribution in [0.3, 0.4) is 0 Å². The first-order chi connectivity index (χ1) is 10.8. The molecule has 0 aliphatic heterocycles. The maximum Gasteiger partial charge on any atom is 0.184 e. The lowest BCUT2D eigenvalue weighted by Crippen LogP contribution is -2.36. The van der Waals surface area contributed by atoms with Crippen LogP contribution in [0.5, 0.6) is 0 Å². The molecule has 2 aromatic rings. The highest BCUT2D eigenvalue weighted by Crippen LogP contribution is 2.33. The van der Waals surface area contributed by atoms with Gasteiger partial charge in [-0.2, -0.15) is 0 Å². The van der Waals surface area contributed by atoms with Gasteiger partial charge in [-0.3, -0.25) is 9.78 Å². The first-order valence-corrected chi connectivity index (χ1v) is 7.93. The number of pyridine rings is 1. The van der Waals surface area contributed by atoms with Crippen LogP contribution in [0, 0.1) is 5.92 Å². The smallest absolute Gasteiger partial charge is 0.184 e. The second kappa shape index (κ2) is 8.44. The molecule has 1 aliphatic carbocycles. The molecule has 116 valence electrons. The van der Waals surface area contributed by atoms with Crippen LogP contribution in [-0.4, -0.2) is 16.9 Å². The highest BCUT2D eigenvalue weighted by atomic mass is 16.5. The summed E-state index contributed by atoms with van der Waals surface area (Å²) in [6, 6.07) is 15.6. The second-order valence-electron chi connectivity index (χ2n) is 5.17. The van der Waals surface area contributed by atoms with E-state index < -0.39 is 0 Å². The summed E-state index contributed by atoms with van der Waals surface area (Å²) in [7, 11) is 0. The van der Waals surface area contributed by atoms with Crippen molar-refractivity contribution in [3.8, 4) is 0 Å². The van der Waals surface area contributed by atoms with Crippen LogP contribution in [0.4, 0.5) is 0 Å². The Labute approximate surface area is 132 Å². The number of carbonyl (C=O) groups excluding carboxylic acids is 1. The quantitative estimate of drug-likeness (QED) is 0.773. The van der Waals surface area contributed by atoms with Gasteiger partial charge in [-0.15, -0.1) is 0 Å². The van der Waals surface area contributed by atoms with E-state index in [1.807, 2.05) is 44.2 Å². The largest absolute Gasteiger partial charge is 0.373 e. The van der Waals surface area contributed by atoms with Crippen molar-refractivity contribution in [2.75, 3.05) is 0 Å². The Morgan fingerprint density at radius 3 is 2.41 bits per heavy atom. The van der Waals surface area contributed by atoms with Gasteiger partial charge in [0.1, 0.15) is 5.69 Å². The summed E-state index contributed by atoms with van der Waals surface area (Å²) in [4.78, 5) is 16.2. The molecule has 3 nitrogen and oxygen atoms in total. The lowest BCUT2D eigenvalue weighted by Gasteiger charge is -2.33. The Morgan fingerprint density at radius 1 is 1.09 bits per heavy atom. The van der Waals surface area contributed by atoms with Gasteiger partial charge in [-0.1, -0.05) is 50.2 Å². The zero-order valence-corrected chi connectivity index (χ0v) is 13.2. The molecule has 1 aromatic heterocycles. The van der Waals surface area contributed by atoms with Crippen LogP contribution < -0.4 is 0 Å². The van der Waals surface area contributed by atoms with E-state index in [-0.39, 0.29) is 17.8 Å². The molecule has 22 heavy (non-hydrogen) atoms. The topological polar surface area (TPSA) is 39.2 Å². The van der Waals surface area contributed by atoms with Crippen molar-refractivity contribution in [3.05, 3.63) is 66.0 Å². The predicted octanol–water partition coefficient (Wildman–Crippen LogP) is 4.29. The number of hydrogen-bond acceptors (Lipinski definition) is 3. The molecule has 1 heterocycles. The molecule has 1 aromatic carbocycles. The molecule has 0 amide bonds. The van der Waals surface area contributed by atoms with Gasteiger partial charge in [-0.25, -0.2) is 0 Å². The van der Waals surface area contributed by atoms with Crippen molar-refractivity contribution in [3.63, 3.8) is 0 Å².